The van der Waals surface area contributed by atoms with Gasteiger partial charge in [0, 0.05) is 6.54 Å². The van der Waals surface area contributed by atoms with Crippen LogP contribution in [0.15, 0.2) is 18.2 Å². The van der Waals surface area contributed by atoms with Gasteiger partial charge in [0.15, 0.2) is 11.6 Å². The molecule has 1 N–H and O–H groups in total. The van der Waals surface area contributed by atoms with Crippen molar-refractivity contribution in [1.82, 2.24) is 10.2 Å². The van der Waals surface area contributed by atoms with Crippen molar-refractivity contribution >= 4 is 12.4 Å². The van der Waals surface area contributed by atoms with Gasteiger partial charge >= 0.3 is 0 Å². The van der Waals surface area contributed by atoms with Gasteiger partial charge in [0.1, 0.15) is 0 Å². The molecule has 2 rings (SSSR count). The van der Waals surface area contributed by atoms with Gasteiger partial charge in [-0.05, 0) is 76.5 Å². The maximum Gasteiger partial charge on any atom is 0.165 e. The van der Waals surface area contributed by atoms with E-state index in [1.165, 1.54) is 19.3 Å². The van der Waals surface area contributed by atoms with Gasteiger partial charge in [-0.1, -0.05) is 6.07 Å². The van der Waals surface area contributed by atoms with Crippen molar-refractivity contribution in [2.45, 2.75) is 32.7 Å². The molecule has 1 aliphatic rings. The molecular formula is C17H28ClFN2O. The summed E-state index contributed by atoms with van der Waals surface area (Å²) in [7, 11) is 2.01. The molecule has 0 aromatic heterocycles. The van der Waals surface area contributed by atoms with Gasteiger partial charge in [0.2, 0.25) is 0 Å². The second-order valence-corrected chi connectivity index (χ2v) is 5.81. The van der Waals surface area contributed by atoms with E-state index in [1.807, 2.05) is 20.0 Å². The summed E-state index contributed by atoms with van der Waals surface area (Å²) in [5.41, 5.74) is 1.03. The maximum absolute atomic E-state index is 13.8. The topological polar surface area (TPSA) is 24.5 Å². The summed E-state index contributed by atoms with van der Waals surface area (Å²) < 4.78 is 19.1. The van der Waals surface area contributed by atoms with Gasteiger partial charge in [0.25, 0.3) is 0 Å². The van der Waals surface area contributed by atoms with Crippen LogP contribution < -0.4 is 10.1 Å². The lowest BCUT2D eigenvalue weighted by molar-refractivity contribution is 0.172. The lowest BCUT2D eigenvalue weighted by atomic mass is 9.93. The van der Waals surface area contributed by atoms with Crippen LogP contribution in [-0.4, -0.2) is 38.2 Å². The third-order valence-corrected chi connectivity index (χ3v) is 4.21. The minimum Gasteiger partial charge on any atom is -0.491 e. The molecule has 1 aromatic rings. The minimum absolute atomic E-state index is 0. The molecule has 126 valence electrons. The first-order valence-electron chi connectivity index (χ1n) is 8.01. The number of ether oxygens (including phenoxy) is 1. The van der Waals surface area contributed by atoms with E-state index < -0.39 is 0 Å². The fraction of sp³-hybridized carbons (Fsp3) is 0.647. The molecule has 5 heteroatoms. The highest BCUT2D eigenvalue weighted by Gasteiger charge is 2.19. The molecule has 0 radical (unpaired) electrons. The fourth-order valence-electron chi connectivity index (χ4n) is 2.96. The van der Waals surface area contributed by atoms with Crippen LogP contribution >= 0.6 is 12.4 Å². The van der Waals surface area contributed by atoms with Gasteiger partial charge in [-0.15, -0.1) is 12.4 Å². The van der Waals surface area contributed by atoms with Crippen LogP contribution in [0.5, 0.6) is 5.75 Å². The largest absolute Gasteiger partial charge is 0.491 e. The van der Waals surface area contributed by atoms with E-state index in [0.29, 0.717) is 12.4 Å². The average molecular weight is 331 g/mol. The van der Waals surface area contributed by atoms with E-state index in [0.717, 1.165) is 37.7 Å². The van der Waals surface area contributed by atoms with Crippen LogP contribution in [0.1, 0.15) is 31.7 Å². The molecule has 3 nitrogen and oxygen atoms in total. The summed E-state index contributed by atoms with van der Waals surface area (Å²) in [4.78, 5) is 2.42. The molecular weight excluding hydrogens is 303 g/mol. The Morgan fingerprint density at radius 3 is 2.64 bits per heavy atom. The summed E-state index contributed by atoms with van der Waals surface area (Å²) in [6.45, 7) is 6.53. The second kappa shape index (κ2) is 10.0. The van der Waals surface area contributed by atoms with E-state index in [-0.39, 0.29) is 18.2 Å². The van der Waals surface area contributed by atoms with Crippen molar-refractivity contribution in [3.8, 4) is 5.75 Å². The van der Waals surface area contributed by atoms with Gasteiger partial charge in [-0.25, -0.2) is 4.39 Å². The van der Waals surface area contributed by atoms with E-state index in [4.69, 9.17) is 4.74 Å². The van der Waals surface area contributed by atoms with Crippen molar-refractivity contribution in [1.29, 1.82) is 0 Å². The predicted octanol–water partition coefficient (Wildman–Crippen LogP) is 3.47. The smallest absolute Gasteiger partial charge is 0.165 e. The third kappa shape index (κ3) is 5.75. The highest BCUT2D eigenvalue weighted by Crippen LogP contribution is 2.23. The van der Waals surface area contributed by atoms with Crippen LogP contribution in [0, 0.1) is 11.7 Å². The number of likely N-dealkylation sites (tertiary alicyclic amines) is 1. The lowest BCUT2D eigenvalue weighted by Crippen LogP contribution is -2.34. The Morgan fingerprint density at radius 1 is 1.32 bits per heavy atom. The monoisotopic (exact) mass is 330 g/mol. The van der Waals surface area contributed by atoms with E-state index in [9.17, 15) is 4.39 Å². The summed E-state index contributed by atoms with van der Waals surface area (Å²) in [6.07, 6.45) is 3.77. The molecule has 1 heterocycles. The van der Waals surface area contributed by atoms with Crippen LogP contribution in [0.25, 0.3) is 0 Å². The molecule has 22 heavy (non-hydrogen) atoms. The van der Waals surface area contributed by atoms with Crippen LogP contribution in [0.4, 0.5) is 4.39 Å². The first kappa shape index (κ1) is 19.2. The molecule has 1 aliphatic heterocycles. The molecule has 0 atom stereocenters. The highest BCUT2D eigenvalue weighted by molar-refractivity contribution is 5.85. The summed E-state index contributed by atoms with van der Waals surface area (Å²) in [5.74, 6) is 0.941. The van der Waals surface area contributed by atoms with Gasteiger partial charge in [-0.2, -0.15) is 0 Å². The predicted molar refractivity (Wildman–Crippen MR) is 91.4 cm³/mol. The first-order valence-corrected chi connectivity index (χ1v) is 8.01. The van der Waals surface area contributed by atoms with E-state index >= 15 is 0 Å². The van der Waals surface area contributed by atoms with E-state index in [2.05, 4.69) is 10.2 Å². The third-order valence-electron chi connectivity index (χ3n) is 4.21. The molecule has 0 aliphatic carbocycles. The number of halogens is 2. The SMILES string of the molecule is CCOc1ccc(CN2CCC(CCNC)CC2)cc1F.Cl. The Hall–Kier alpha value is -0.840. The molecule has 1 aromatic carbocycles. The highest BCUT2D eigenvalue weighted by atomic mass is 35.5. The Bertz CT molecular complexity index is 437. The summed E-state index contributed by atoms with van der Waals surface area (Å²) >= 11 is 0. The zero-order valence-corrected chi connectivity index (χ0v) is 14.4. The molecule has 0 amide bonds. The average Bonchev–Trinajstić information content (AvgIpc) is 2.49. The number of piperidine rings is 1. The molecule has 1 saturated heterocycles. The quantitative estimate of drug-likeness (QED) is 0.828. The molecule has 0 unspecified atom stereocenters. The summed E-state index contributed by atoms with van der Waals surface area (Å²) in [5, 5.41) is 3.22. The standard InChI is InChI=1S/C17H27FN2O.ClH/c1-3-21-17-5-4-15(12-16(17)18)13-20-10-7-14(8-11-20)6-9-19-2;/h4-5,12,14,19H,3,6-11,13H2,1-2H3;1H. The Morgan fingerprint density at radius 2 is 2.05 bits per heavy atom. The van der Waals surface area contributed by atoms with Crippen molar-refractivity contribution in [2.75, 3.05) is 33.3 Å². The van der Waals surface area contributed by atoms with Crippen molar-refractivity contribution in [2.24, 2.45) is 5.92 Å². The maximum atomic E-state index is 13.8. The Kier molecular flexibility index (Phi) is 8.76. The first-order chi connectivity index (χ1) is 10.2. The van der Waals surface area contributed by atoms with Crippen LogP contribution in [0.2, 0.25) is 0 Å². The Labute approximate surface area is 139 Å². The van der Waals surface area contributed by atoms with Crippen molar-refractivity contribution in [3.05, 3.63) is 29.6 Å². The zero-order valence-electron chi connectivity index (χ0n) is 13.6. The van der Waals surface area contributed by atoms with Gasteiger partial charge in [-0.3, -0.25) is 4.90 Å². The number of hydrogen-bond acceptors (Lipinski definition) is 3. The number of nitrogens with zero attached hydrogens (tertiary/aromatic N) is 1. The Balaban J connectivity index is 0.00000242. The fourth-order valence-corrected chi connectivity index (χ4v) is 2.96. The zero-order chi connectivity index (χ0) is 15.1. The van der Waals surface area contributed by atoms with Gasteiger partial charge < -0.3 is 10.1 Å². The minimum atomic E-state index is -0.252. The second-order valence-electron chi connectivity index (χ2n) is 5.81. The number of hydrogen-bond donors (Lipinski definition) is 1. The molecule has 1 fully saturated rings. The van der Waals surface area contributed by atoms with Gasteiger partial charge in [0.05, 0.1) is 6.61 Å². The van der Waals surface area contributed by atoms with Crippen molar-refractivity contribution < 1.29 is 9.13 Å². The summed E-state index contributed by atoms with van der Waals surface area (Å²) in [6, 6.07) is 5.33. The molecule has 0 saturated carbocycles. The van der Waals surface area contributed by atoms with E-state index in [1.54, 1.807) is 12.1 Å². The lowest BCUT2D eigenvalue weighted by Gasteiger charge is -2.32. The number of rotatable bonds is 7. The molecule has 0 bridgehead atoms. The molecule has 0 spiro atoms. The van der Waals surface area contributed by atoms with Crippen molar-refractivity contribution in [3.63, 3.8) is 0 Å². The van der Waals surface area contributed by atoms with Crippen LogP contribution in [-0.2, 0) is 6.54 Å². The number of nitrogens with one attached hydrogen (secondary N) is 1. The number of benzene rings is 1. The normalized spacial score (nSPS) is 16.3. The van der Waals surface area contributed by atoms with Crippen LogP contribution in [0.3, 0.4) is 0 Å².